The molecule has 0 fully saturated rings. The Labute approximate surface area is 196 Å². The zero-order valence-electron chi connectivity index (χ0n) is 18.9. The summed E-state index contributed by atoms with van der Waals surface area (Å²) in [5.41, 5.74) is 3.09. The van der Waals surface area contributed by atoms with E-state index in [-0.39, 0.29) is 24.3 Å². The van der Waals surface area contributed by atoms with Crippen LogP contribution in [-0.4, -0.2) is 45.6 Å². The molecule has 3 amide bonds. The molecule has 34 heavy (non-hydrogen) atoms. The molecule has 0 unspecified atom stereocenters. The monoisotopic (exact) mass is 458 g/mol. The van der Waals surface area contributed by atoms with E-state index < -0.39 is 0 Å². The molecule has 0 saturated heterocycles. The molecular weight excluding hydrogens is 432 g/mol. The number of carbonyl (C=O) groups is 3. The van der Waals surface area contributed by atoms with E-state index >= 15 is 0 Å². The summed E-state index contributed by atoms with van der Waals surface area (Å²) in [5, 5.41) is 13.6. The van der Waals surface area contributed by atoms with Crippen LogP contribution in [0.5, 0.6) is 0 Å². The van der Waals surface area contributed by atoms with Crippen molar-refractivity contribution in [1.29, 1.82) is 0 Å². The van der Waals surface area contributed by atoms with Crippen LogP contribution < -0.4 is 16.0 Å². The number of rotatable bonds is 8. The van der Waals surface area contributed by atoms with Gasteiger partial charge in [-0.1, -0.05) is 24.3 Å². The van der Waals surface area contributed by atoms with Gasteiger partial charge in [-0.3, -0.25) is 19.1 Å². The molecule has 0 saturated carbocycles. The number of carbonyl (C=O) groups excluding carboxylic acids is 3. The molecule has 2 heterocycles. The lowest BCUT2D eigenvalue weighted by Gasteiger charge is -2.09. The van der Waals surface area contributed by atoms with Gasteiger partial charge in [-0.15, -0.1) is 0 Å². The summed E-state index contributed by atoms with van der Waals surface area (Å²) in [4.78, 5) is 41.0. The number of pyridine rings is 1. The number of allylic oxidation sites excluding steroid dienone is 2. The smallest absolute Gasteiger partial charge is 0.274 e. The van der Waals surface area contributed by atoms with Crippen LogP contribution >= 0.6 is 0 Å². The highest BCUT2D eigenvalue weighted by molar-refractivity contribution is 6.03. The van der Waals surface area contributed by atoms with E-state index in [2.05, 4.69) is 26.0 Å². The number of aryl methyl sites for hydroxylation is 1. The zero-order valence-corrected chi connectivity index (χ0v) is 18.9. The highest BCUT2D eigenvalue weighted by atomic mass is 16.2. The van der Waals surface area contributed by atoms with Crippen LogP contribution in [0.2, 0.25) is 0 Å². The normalized spacial score (nSPS) is 12.8. The summed E-state index contributed by atoms with van der Waals surface area (Å²) in [5.74, 6) is -0.639. The standard InChI is InChI=1S/C25H26N6O3/c1-17-6-5-9-22(28-17)25(34)29-20-10-11-21-19(14-20)15-31(30-21)16-23(32)26-12-13-27-24(33)18-7-3-2-4-8-18/h3,5-11,14-15H,2,4,12-13,16H2,1H3,(H,26,32)(H,27,33)(H,29,34). The Balaban J connectivity index is 1.27. The molecule has 9 nitrogen and oxygen atoms in total. The van der Waals surface area contributed by atoms with E-state index in [0.717, 1.165) is 23.9 Å². The lowest BCUT2D eigenvalue weighted by Crippen LogP contribution is -2.36. The lowest BCUT2D eigenvalue weighted by molar-refractivity contribution is -0.122. The molecule has 1 aliphatic rings. The maximum Gasteiger partial charge on any atom is 0.274 e. The van der Waals surface area contributed by atoms with E-state index in [1.54, 1.807) is 41.2 Å². The van der Waals surface area contributed by atoms with Gasteiger partial charge in [-0.05, 0) is 50.1 Å². The molecule has 0 atom stereocenters. The van der Waals surface area contributed by atoms with Crippen LogP contribution in [0.25, 0.3) is 10.9 Å². The number of fused-ring (bicyclic) bond motifs is 1. The summed E-state index contributed by atoms with van der Waals surface area (Å²) < 4.78 is 1.55. The predicted octanol–water partition coefficient (Wildman–Crippen LogP) is 2.50. The minimum absolute atomic E-state index is 0.0470. The number of hydrogen-bond donors (Lipinski definition) is 3. The first-order chi connectivity index (χ1) is 16.5. The van der Waals surface area contributed by atoms with E-state index in [0.29, 0.717) is 35.6 Å². The van der Waals surface area contributed by atoms with Gasteiger partial charge in [-0.25, -0.2) is 4.98 Å². The van der Waals surface area contributed by atoms with Crippen molar-refractivity contribution in [2.45, 2.75) is 26.3 Å². The fraction of sp³-hybridized carbons (Fsp3) is 0.240. The molecule has 0 aliphatic heterocycles. The minimum Gasteiger partial charge on any atom is -0.353 e. The molecule has 2 aromatic heterocycles. The highest BCUT2D eigenvalue weighted by Crippen LogP contribution is 2.18. The van der Waals surface area contributed by atoms with Crippen molar-refractivity contribution in [2.24, 2.45) is 0 Å². The first-order valence-corrected chi connectivity index (χ1v) is 11.1. The first kappa shape index (κ1) is 22.9. The van der Waals surface area contributed by atoms with Gasteiger partial charge >= 0.3 is 0 Å². The maximum atomic E-state index is 12.4. The van der Waals surface area contributed by atoms with E-state index in [9.17, 15) is 14.4 Å². The first-order valence-electron chi connectivity index (χ1n) is 11.1. The lowest BCUT2D eigenvalue weighted by atomic mass is 10.1. The Morgan fingerprint density at radius 3 is 2.68 bits per heavy atom. The molecule has 9 heteroatoms. The second-order valence-corrected chi connectivity index (χ2v) is 7.96. The summed E-state index contributed by atoms with van der Waals surface area (Å²) >= 11 is 0. The SMILES string of the molecule is Cc1cccc(C(=O)Nc2ccc3nn(CC(=O)NCCNC(=O)C4=CCCC=C4)cc3c2)n1. The highest BCUT2D eigenvalue weighted by Gasteiger charge is 2.11. The fourth-order valence-electron chi connectivity index (χ4n) is 3.57. The minimum atomic E-state index is -0.294. The number of nitrogens with zero attached hydrogens (tertiary/aromatic N) is 3. The number of benzene rings is 1. The van der Waals surface area contributed by atoms with Crippen LogP contribution in [0.1, 0.15) is 29.0 Å². The molecule has 0 bridgehead atoms. The molecule has 4 rings (SSSR count). The van der Waals surface area contributed by atoms with Crippen molar-refractivity contribution >= 4 is 34.3 Å². The van der Waals surface area contributed by atoms with Crippen LogP contribution in [0, 0.1) is 6.92 Å². The molecule has 3 N–H and O–H groups in total. The van der Waals surface area contributed by atoms with Gasteiger partial charge in [0.25, 0.3) is 11.8 Å². The van der Waals surface area contributed by atoms with E-state index in [4.69, 9.17) is 0 Å². The molecular formula is C25H26N6O3. The third-order valence-corrected chi connectivity index (χ3v) is 5.23. The van der Waals surface area contributed by atoms with Gasteiger partial charge in [0.1, 0.15) is 12.2 Å². The van der Waals surface area contributed by atoms with Crippen molar-refractivity contribution in [2.75, 3.05) is 18.4 Å². The number of aromatic nitrogens is 3. The van der Waals surface area contributed by atoms with Crippen LogP contribution in [0.4, 0.5) is 5.69 Å². The largest absolute Gasteiger partial charge is 0.353 e. The molecule has 0 spiro atoms. The Kier molecular flexibility index (Phi) is 7.12. The fourth-order valence-corrected chi connectivity index (χ4v) is 3.57. The van der Waals surface area contributed by atoms with Gasteiger partial charge in [0.05, 0.1) is 5.52 Å². The number of nitrogens with one attached hydrogen (secondary N) is 3. The summed E-state index contributed by atoms with van der Waals surface area (Å²) in [6.45, 7) is 2.54. The van der Waals surface area contributed by atoms with Crippen LogP contribution in [0.15, 0.2) is 66.4 Å². The van der Waals surface area contributed by atoms with Crippen molar-refractivity contribution in [1.82, 2.24) is 25.4 Å². The molecule has 1 aromatic carbocycles. The Hall–Kier alpha value is -4.27. The van der Waals surface area contributed by atoms with Crippen molar-refractivity contribution < 1.29 is 14.4 Å². The van der Waals surface area contributed by atoms with Crippen LogP contribution in [-0.2, 0) is 16.1 Å². The molecule has 174 valence electrons. The molecule has 1 aliphatic carbocycles. The Morgan fingerprint density at radius 2 is 1.88 bits per heavy atom. The van der Waals surface area contributed by atoms with Gasteiger partial charge in [0, 0.05) is 41.6 Å². The predicted molar refractivity (Wildman–Crippen MR) is 129 cm³/mol. The Bertz CT molecular complexity index is 1290. The topological polar surface area (TPSA) is 118 Å². The maximum absolute atomic E-state index is 12.4. The van der Waals surface area contributed by atoms with Crippen molar-refractivity contribution in [3.8, 4) is 0 Å². The van der Waals surface area contributed by atoms with Gasteiger partial charge in [-0.2, -0.15) is 5.10 Å². The summed E-state index contributed by atoms with van der Waals surface area (Å²) in [6, 6.07) is 10.6. The van der Waals surface area contributed by atoms with Gasteiger partial charge in [0.2, 0.25) is 5.91 Å². The second-order valence-electron chi connectivity index (χ2n) is 7.96. The van der Waals surface area contributed by atoms with Gasteiger partial charge < -0.3 is 16.0 Å². The van der Waals surface area contributed by atoms with Crippen molar-refractivity contribution in [3.63, 3.8) is 0 Å². The molecule has 3 aromatic rings. The third-order valence-electron chi connectivity index (χ3n) is 5.23. The average molecular weight is 459 g/mol. The zero-order chi connectivity index (χ0) is 23.9. The van der Waals surface area contributed by atoms with E-state index in [1.807, 2.05) is 31.2 Å². The van der Waals surface area contributed by atoms with Crippen LogP contribution in [0.3, 0.4) is 0 Å². The quantitative estimate of drug-likeness (QED) is 0.448. The number of anilines is 1. The Morgan fingerprint density at radius 1 is 1.03 bits per heavy atom. The van der Waals surface area contributed by atoms with Gasteiger partial charge in [0.15, 0.2) is 0 Å². The van der Waals surface area contributed by atoms with E-state index in [1.165, 1.54) is 0 Å². The number of amides is 3. The molecule has 0 radical (unpaired) electrons. The third kappa shape index (κ3) is 5.94. The average Bonchev–Trinajstić information content (AvgIpc) is 3.23. The summed E-state index contributed by atoms with van der Waals surface area (Å²) in [6.07, 6.45) is 9.27. The summed E-state index contributed by atoms with van der Waals surface area (Å²) in [7, 11) is 0. The second kappa shape index (κ2) is 10.6. The number of hydrogen-bond acceptors (Lipinski definition) is 5. The van der Waals surface area contributed by atoms with Crippen molar-refractivity contribution in [3.05, 3.63) is 77.8 Å².